The Bertz CT molecular complexity index is 399. The minimum atomic E-state index is -0.428. The molecule has 0 aromatic carbocycles. The monoisotopic (exact) mass is 252 g/mol. The smallest absolute Gasteiger partial charge is 0.123 e. The lowest BCUT2D eigenvalue weighted by Gasteiger charge is -2.51. The van der Waals surface area contributed by atoms with Gasteiger partial charge in [0.2, 0.25) is 0 Å². The molecule has 2 N–H and O–H groups in total. The third-order valence-electron chi connectivity index (χ3n) is 6.24. The van der Waals surface area contributed by atoms with Crippen LogP contribution >= 0.6 is 0 Å². The largest absolute Gasteiger partial charge is 0.390 e. The van der Waals surface area contributed by atoms with Gasteiger partial charge in [0.15, 0.2) is 0 Å². The van der Waals surface area contributed by atoms with Crippen LogP contribution in [0, 0.1) is 10.8 Å². The SMILES string of the molecule is CC1=CC(O)[C@@](C)([C@@]2(C)CCC(O)C23CO3)CC1. The molecule has 0 aromatic rings. The first kappa shape index (κ1) is 12.6. The Morgan fingerprint density at radius 3 is 2.50 bits per heavy atom. The Morgan fingerprint density at radius 1 is 1.28 bits per heavy atom. The number of rotatable bonds is 1. The highest BCUT2D eigenvalue weighted by Crippen LogP contribution is 2.66. The van der Waals surface area contributed by atoms with E-state index >= 15 is 0 Å². The molecule has 2 fully saturated rings. The Labute approximate surface area is 109 Å². The normalized spacial score (nSPS) is 55.7. The second kappa shape index (κ2) is 3.59. The lowest BCUT2D eigenvalue weighted by molar-refractivity contribution is -0.0921. The van der Waals surface area contributed by atoms with Crippen LogP contribution in [0.1, 0.15) is 46.5 Å². The van der Waals surface area contributed by atoms with Crippen molar-refractivity contribution < 1.29 is 14.9 Å². The van der Waals surface area contributed by atoms with Crippen LogP contribution in [-0.4, -0.2) is 34.6 Å². The quantitative estimate of drug-likeness (QED) is 0.554. The van der Waals surface area contributed by atoms with Crippen LogP contribution in [0.5, 0.6) is 0 Å². The number of epoxide rings is 1. The summed E-state index contributed by atoms with van der Waals surface area (Å²) >= 11 is 0. The van der Waals surface area contributed by atoms with Crippen molar-refractivity contribution in [2.24, 2.45) is 10.8 Å². The van der Waals surface area contributed by atoms with Crippen molar-refractivity contribution >= 4 is 0 Å². The van der Waals surface area contributed by atoms with Gasteiger partial charge in [0, 0.05) is 10.8 Å². The number of aliphatic hydroxyl groups excluding tert-OH is 2. The molecule has 3 aliphatic rings. The maximum atomic E-state index is 10.6. The molecule has 0 radical (unpaired) electrons. The van der Waals surface area contributed by atoms with Crippen molar-refractivity contribution in [3.8, 4) is 0 Å². The van der Waals surface area contributed by atoms with Gasteiger partial charge < -0.3 is 14.9 Å². The predicted molar refractivity (Wildman–Crippen MR) is 69.1 cm³/mol. The molecule has 0 amide bonds. The van der Waals surface area contributed by atoms with Gasteiger partial charge in [-0.1, -0.05) is 25.5 Å². The number of allylic oxidation sites excluding steroid dienone is 1. The van der Waals surface area contributed by atoms with Gasteiger partial charge in [0.05, 0.1) is 18.8 Å². The molecule has 3 heteroatoms. The minimum absolute atomic E-state index is 0.129. The van der Waals surface area contributed by atoms with Crippen LogP contribution in [0.3, 0.4) is 0 Å². The summed E-state index contributed by atoms with van der Waals surface area (Å²) in [6.45, 7) is 7.10. The molecular weight excluding hydrogens is 228 g/mol. The highest BCUT2D eigenvalue weighted by molar-refractivity contribution is 5.25. The molecular formula is C15H24O3. The lowest BCUT2D eigenvalue weighted by atomic mass is 9.54. The molecule has 0 aromatic heterocycles. The molecule has 102 valence electrons. The van der Waals surface area contributed by atoms with Crippen LogP contribution < -0.4 is 0 Å². The highest BCUT2D eigenvalue weighted by atomic mass is 16.6. The van der Waals surface area contributed by atoms with E-state index in [9.17, 15) is 10.2 Å². The number of hydrogen-bond donors (Lipinski definition) is 2. The van der Waals surface area contributed by atoms with Gasteiger partial charge in [-0.3, -0.25) is 0 Å². The van der Waals surface area contributed by atoms with E-state index in [2.05, 4.69) is 20.8 Å². The molecule has 1 saturated heterocycles. The standard InChI is InChI=1S/C15H24O3/c1-10-4-6-13(2,12(17)8-10)14(3)7-5-11(16)15(14)9-18-15/h8,11-12,16-17H,4-7,9H2,1-3H3/t11?,12?,13-,14+,15?/m0/s1. The van der Waals surface area contributed by atoms with Crippen LogP contribution in [0.4, 0.5) is 0 Å². The molecule has 0 bridgehead atoms. The van der Waals surface area contributed by atoms with Gasteiger partial charge >= 0.3 is 0 Å². The number of hydrogen-bond acceptors (Lipinski definition) is 3. The Balaban J connectivity index is 1.99. The highest BCUT2D eigenvalue weighted by Gasteiger charge is 2.73. The Hall–Kier alpha value is -0.380. The summed E-state index contributed by atoms with van der Waals surface area (Å²) in [7, 11) is 0. The first-order valence-electron chi connectivity index (χ1n) is 7.03. The van der Waals surface area contributed by atoms with Gasteiger partial charge in [0.25, 0.3) is 0 Å². The van der Waals surface area contributed by atoms with Gasteiger partial charge in [-0.2, -0.15) is 0 Å². The molecule has 1 saturated carbocycles. The van der Waals surface area contributed by atoms with Gasteiger partial charge in [-0.15, -0.1) is 0 Å². The molecule has 2 aliphatic carbocycles. The zero-order chi connectivity index (χ0) is 13.2. The van der Waals surface area contributed by atoms with Gasteiger partial charge in [-0.25, -0.2) is 0 Å². The van der Waals surface area contributed by atoms with Crippen LogP contribution in [-0.2, 0) is 4.74 Å². The third kappa shape index (κ3) is 1.30. The fourth-order valence-electron chi connectivity index (χ4n) is 4.34. The molecule has 18 heavy (non-hydrogen) atoms. The molecule has 1 spiro atoms. The van der Waals surface area contributed by atoms with Crippen molar-refractivity contribution in [1.29, 1.82) is 0 Å². The van der Waals surface area contributed by atoms with E-state index in [-0.39, 0.29) is 22.5 Å². The summed E-state index contributed by atoms with van der Waals surface area (Å²) in [4.78, 5) is 0. The molecule has 3 rings (SSSR count). The number of ether oxygens (including phenoxy) is 1. The summed E-state index contributed by atoms with van der Waals surface area (Å²) in [5, 5.41) is 20.8. The molecule has 1 aliphatic heterocycles. The van der Waals surface area contributed by atoms with Crippen molar-refractivity contribution in [2.75, 3.05) is 6.61 Å². The van der Waals surface area contributed by atoms with Gasteiger partial charge in [-0.05, 0) is 32.6 Å². The van der Waals surface area contributed by atoms with Crippen molar-refractivity contribution in [3.63, 3.8) is 0 Å². The van der Waals surface area contributed by atoms with Gasteiger partial charge in [0.1, 0.15) is 5.60 Å². The van der Waals surface area contributed by atoms with E-state index in [4.69, 9.17) is 4.74 Å². The Morgan fingerprint density at radius 2 is 1.94 bits per heavy atom. The van der Waals surface area contributed by atoms with E-state index in [1.807, 2.05) is 6.08 Å². The average molecular weight is 252 g/mol. The third-order valence-corrected chi connectivity index (χ3v) is 6.24. The maximum absolute atomic E-state index is 10.6. The topological polar surface area (TPSA) is 53.0 Å². The van der Waals surface area contributed by atoms with Crippen LogP contribution in [0.15, 0.2) is 11.6 Å². The van der Waals surface area contributed by atoms with Crippen molar-refractivity contribution in [3.05, 3.63) is 11.6 Å². The fourth-order valence-corrected chi connectivity index (χ4v) is 4.34. The van der Waals surface area contributed by atoms with E-state index < -0.39 is 6.10 Å². The second-order valence-electron chi connectivity index (χ2n) is 6.94. The minimum Gasteiger partial charge on any atom is -0.390 e. The van der Waals surface area contributed by atoms with E-state index in [0.29, 0.717) is 6.61 Å². The second-order valence-corrected chi connectivity index (χ2v) is 6.94. The molecule has 3 nitrogen and oxygen atoms in total. The van der Waals surface area contributed by atoms with Crippen molar-refractivity contribution in [1.82, 2.24) is 0 Å². The zero-order valence-electron chi connectivity index (χ0n) is 11.6. The fraction of sp³-hybridized carbons (Fsp3) is 0.867. The summed E-state index contributed by atoms with van der Waals surface area (Å²) in [5.41, 5.74) is 0.561. The summed E-state index contributed by atoms with van der Waals surface area (Å²) in [6.07, 6.45) is 4.95. The predicted octanol–water partition coefficient (Wildman–Crippen LogP) is 2.02. The summed E-state index contributed by atoms with van der Waals surface area (Å²) < 4.78 is 5.70. The molecule has 5 atom stereocenters. The first-order chi connectivity index (χ1) is 8.36. The maximum Gasteiger partial charge on any atom is 0.123 e. The van der Waals surface area contributed by atoms with Crippen LogP contribution in [0.2, 0.25) is 0 Å². The number of aliphatic hydroxyl groups is 2. The van der Waals surface area contributed by atoms with E-state index in [0.717, 1.165) is 25.7 Å². The lowest BCUT2D eigenvalue weighted by Crippen LogP contribution is -2.54. The summed E-state index contributed by atoms with van der Waals surface area (Å²) in [5.74, 6) is 0. The van der Waals surface area contributed by atoms with E-state index in [1.54, 1.807) is 0 Å². The first-order valence-corrected chi connectivity index (χ1v) is 7.03. The average Bonchev–Trinajstić information content (AvgIpc) is 3.08. The molecule has 3 unspecified atom stereocenters. The van der Waals surface area contributed by atoms with E-state index in [1.165, 1.54) is 5.57 Å². The Kier molecular flexibility index (Phi) is 2.52. The summed E-state index contributed by atoms with van der Waals surface area (Å²) in [6, 6.07) is 0. The van der Waals surface area contributed by atoms with Crippen LogP contribution in [0.25, 0.3) is 0 Å². The molecule has 1 heterocycles. The van der Waals surface area contributed by atoms with Crippen molar-refractivity contribution in [2.45, 2.75) is 64.3 Å². The zero-order valence-corrected chi connectivity index (χ0v) is 11.6.